The van der Waals surface area contributed by atoms with E-state index >= 15 is 0 Å². The molecule has 0 spiro atoms. The fraction of sp³-hybridized carbons (Fsp3) is 0.500. The molecule has 0 bridgehead atoms. The molecular formula is C14H18FNO2. The second-order valence-corrected chi connectivity index (χ2v) is 4.67. The van der Waals surface area contributed by atoms with Crippen LogP contribution in [0.4, 0.5) is 4.39 Å². The fourth-order valence-electron chi connectivity index (χ4n) is 2.34. The Bertz CT molecular complexity index is 428. The molecule has 0 heterocycles. The van der Waals surface area contributed by atoms with Crippen LogP contribution in [0.3, 0.4) is 0 Å². The molecule has 0 radical (unpaired) electrons. The highest BCUT2D eigenvalue weighted by Crippen LogP contribution is 2.18. The van der Waals surface area contributed by atoms with E-state index in [1.807, 2.05) is 0 Å². The Morgan fingerprint density at radius 2 is 2.17 bits per heavy atom. The Labute approximate surface area is 106 Å². The molecular weight excluding hydrogens is 233 g/mol. The van der Waals surface area contributed by atoms with Gasteiger partial charge in [-0.3, -0.25) is 0 Å². The largest absolute Gasteiger partial charge is 0.465 e. The Kier molecular flexibility index (Phi) is 4.31. The Hall–Kier alpha value is -1.42. The number of carbonyl (C=O) groups is 1. The van der Waals surface area contributed by atoms with Gasteiger partial charge in [0.1, 0.15) is 5.82 Å². The number of hydrogen-bond acceptors (Lipinski definition) is 3. The maximum atomic E-state index is 13.7. The van der Waals surface area contributed by atoms with Crippen molar-refractivity contribution in [1.82, 2.24) is 5.32 Å². The van der Waals surface area contributed by atoms with E-state index in [4.69, 9.17) is 0 Å². The summed E-state index contributed by atoms with van der Waals surface area (Å²) in [4.78, 5) is 11.2. The van der Waals surface area contributed by atoms with Crippen molar-refractivity contribution in [2.45, 2.75) is 38.3 Å². The monoisotopic (exact) mass is 251 g/mol. The summed E-state index contributed by atoms with van der Waals surface area (Å²) in [5, 5.41) is 3.40. The van der Waals surface area contributed by atoms with E-state index in [1.54, 1.807) is 6.07 Å². The number of rotatable bonds is 4. The maximum Gasteiger partial charge on any atom is 0.340 e. The van der Waals surface area contributed by atoms with E-state index in [-0.39, 0.29) is 5.56 Å². The van der Waals surface area contributed by atoms with Gasteiger partial charge in [-0.25, -0.2) is 9.18 Å². The fourth-order valence-corrected chi connectivity index (χ4v) is 2.34. The lowest BCUT2D eigenvalue weighted by Crippen LogP contribution is -2.25. The van der Waals surface area contributed by atoms with E-state index < -0.39 is 11.8 Å². The lowest BCUT2D eigenvalue weighted by molar-refractivity contribution is 0.0595. The van der Waals surface area contributed by atoms with E-state index in [0.29, 0.717) is 12.6 Å². The van der Waals surface area contributed by atoms with Gasteiger partial charge in [0, 0.05) is 12.6 Å². The molecule has 1 saturated carbocycles. The first kappa shape index (κ1) is 13.0. The van der Waals surface area contributed by atoms with Crippen LogP contribution in [0.5, 0.6) is 0 Å². The van der Waals surface area contributed by atoms with Crippen molar-refractivity contribution >= 4 is 5.97 Å². The normalized spacial score (nSPS) is 15.9. The molecule has 1 aromatic rings. The van der Waals surface area contributed by atoms with Crippen LogP contribution in [0.25, 0.3) is 0 Å². The summed E-state index contributed by atoms with van der Waals surface area (Å²) in [5.41, 5.74) is 0.842. The van der Waals surface area contributed by atoms with Crippen LogP contribution in [-0.4, -0.2) is 19.1 Å². The number of nitrogens with one attached hydrogen (secondary N) is 1. The van der Waals surface area contributed by atoms with Crippen LogP contribution >= 0.6 is 0 Å². The number of ether oxygens (including phenoxy) is 1. The van der Waals surface area contributed by atoms with E-state index in [2.05, 4.69) is 10.1 Å². The highest BCUT2D eigenvalue weighted by molar-refractivity contribution is 5.89. The van der Waals surface area contributed by atoms with Crippen molar-refractivity contribution in [3.05, 3.63) is 35.1 Å². The molecule has 0 unspecified atom stereocenters. The first-order valence-corrected chi connectivity index (χ1v) is 6.31. The minimum atomic E-state index is -0.636. The molecule has 0 saturated heterocycles. The lowest BCUT2D eigenvalue weighted by Gasteiger charge is -2.12. The van der Waals surface area contributed by atoms with E-state index in [0.717, 1.165) is 5.56 Å². The molecule has 0 aromatic heterocycles. The van der Waals surface area contributed by atoms with Gasteiger partial charge in [-0.2, -0.15) is 0 Å². The van der Waals surface area contributed by atoms with Gasteiger partial charge >= 0.3 is 5.97 Å². The highest BCUT2D eigenvalue weighted by Gasteiger charge is 2.15. The number of esters is 1. The molecule has 0 atom stereocenters. The molecule has 1 fully saturated rings. The first-order chi connectivity index (χ1) is 8.70. The summed E-state index contributed by atoms with van der Waals surface area (Å²) in [5.74, 6) is -1.16. The van der Waals surface area contributed by atoms with Gasteiger partial charge in [0.15, 0.2) is 0 Å². The maximum absolute atomic E-state index is 13.7. The van der Waals surface area contributed by atoms with Gasteiger partial charge in [0.05, 0.1) is 12.7 Å². The summed E-state index contributed by atoms with van der Waals surface area (Å²) >= 11 is 0. The van der Waals surface area contributed by atoms with Crippen molar-refractivity contribution < 1.29 is 13.9 Å². The number of halogens is 1. The van der Waals surface area contributed by atoms with Gasteiger partial charge in [-0.1, -0.05) is 18.9 Å². The lowest BCUT2D eigenvalue weighted by atomic mass is 10.1. The molecule has 1 aliphatic rings. The van der Waals surface area contributed by atoms with E-state index in [9.17, 15) is 9.18 Å². The first-order valence-electron chi connectivity index (χ1n) is 6.31. The zero-order chi connectivity index (χ0) is 13.0. The highest BCUT2D eigenvalue weighted by atomic mass is 19.1. The number of hydrogen-bond donors (Lipinski definition) is 1. The van der Waals surface area contributed by atoms with Crippen LogP contribution in [0.2, 0.25) is 0 Å². The molecule has 0 amide bonds. The minimum absolute atomic E-state index is 0.0119. The molecule has 1 aromatic carbocycles. The van der Waals surface area contributed by atoms with Crippen LogP contribution in [-0.2, 0) is 11.3 Å². The number of carbonyl (C=O) groups excluding carboxylic acids is 1. The molecule has 1 N–H and O–H groups in total. The third-order valence-electron chi connectivity index (χ3n) is 3.39. The summed E-state index contributed by atoms with van der Waals surface area (Å²) in [7, 11) is 1.25. The summed E-state index contributed by atoms with van der Waals surface area (Å²) in [6, 6.07) is 5.19. The average molecular weight is 251 g/mol. The van der Waals surface area contributed by atoms with Crippen molar-refractivity contribution in [1.29, 1.82) is 0 Å². The van der Waals surface area contributed by atoms with Gasteiger partial charge in [-0.05, 0) is 30.5 Å². The minimum Gasteiger partial charge on any atom is -0.465 e. The SMILES string of the molecule is COC(=O)c1ccc(CNC2CCCC2)cc1F. The standard InChI is InChI=1S/C14H18FNO2/c1-18-14(17)12-7-6-10(8-13(12)15)9-16-11-4-2-3-5-11/h6-8,11,16H,2-5,9H2,1H3. The van der Waals surface area contributed by atoms with E-state index in [1.165, 1.54) is 44.9 Å². The van der Waals surface area contributed by atoms with Crippen molar-refractivity contribution in [2.75, 3.05) is 7.11 Å². The quantitative estimate of drug-likeness (QED) is 0.836. The van der Waals surface area contributed by atoms with Gasteiger partial charge in [0.25, 0.3) is 0 Å². The number of methoxy groups -OCH3 is 1. The average Bonchev–Trinajstić information content (AvgIpc) is 2.88. The third kappa shape index (κ3) is 3.07. The smallest absolute Gasteiger partial charge is 0.340 e. The second-order valence-electron chi connectivity index (χ2n) is 4.67. The van der Waals surface area contributed by atoms with Crippen LogP contribution in [0, 0.1) is 5.82 Å². The molecule has 2 rings (SSSR count). The number of benzene rings is 1. The molecule has 1 aliphatic carbocycles. The predicted molar refractivity (Wildman–Crippen MR) is 66.8 cm³/mol. The van der Waals surface area contributed by atoms with Crippen LogP contribution < -0.4 is 5.32 Å². The predicted octanol–water partition coefficient (Wildman–Crippen LogP) is 2.64. The molecule has 3 nitrogen and oxygen atoms in total. The second kappa shape index (κ2) is 5.96. The Morgan fingerprint density at radius 3 is 2.78 bits per heavy atom. The summed E-state index contributed by atoms with van der Waals surface area (Å²) in [6.45, 7) is 0.642. The summed E-state index contributed by atoms with van der Waals surface area (Å²) < 4.78 is 18.2. The third-order valence-corrected chi connectivity index (χ3v) is 3.39. The van der Waals surface area contributed by atoms with Crippen molar-refractivity contribution in [3.8, 4) is 0 Å². The zero-order valence-corrected chi connectivity index (χ0v) is 10.5. The van der Waals surface area contributed by atoms with Crippen molar-refractivity contribution in [2.24, 2.45) is 0 Å². The topological polar surface area (TPSA) is 38.3 Å². The molecule has 18 heavy (non-hydrogen) atoms. The Balaban J connectivity index is 1.97. The van der Waals surface area contributed by atoms with Gasteiger partial charge in [0.2, 0.25) is 0 Å². The van der Waals surface area contributed by atoms with Gasteiger partial charge < -0.3 is 10.1 Å². The van der Waals surface area contributed by atoms with Crippen LogP contribution in [0.1, 0.15) is 41.6 Å². The van der Waals surface area contributed by atoms with Crippen LogP contribution in [0.15, 0.2) is 18.2 Å². The van der Waals surface area contributed by atoms with Crippen molar-refractivity contribution in [3.63, 3.8) is 0 Å². The molecule has 4 heteroatoms. The molecule has 98 valence electrons. The Morgan fingerprint density at radius 1 is 1.44 bits per heavy atom. The summed E-state index contributed by atoms with van der Waals surface area (Å²) in [6.07, 6.45) is 4.94. The zero-order valence-electron chi connectivity index (χ0n) is 10.5. The molecule has 0 aliphatic heterocycles. The van der Waals surface area contributed by atoms with Gasteiger partial charge in [-0.15, -0.1) is 0 Å².